The minimum Gasteiger partial charge on any atom is -0.480 e. The molecule has 19 heavy (non-hydrogen) atoms. The number of nitrogens with one attached hydrogen (secondary N) is 1. The Morgan fingerprint density at radius 2 is 2.42 bits per heavy atom. The molecule has 1 unspecified atom stereocenters. The Kier molecular flexibility index (Phi) is 4.03. The zero-order chi connectivity index (χ0) is 13.8. The fraction of sp³-hybridized carbons (Fsp3) is 0.182. The third kappa shape index (κ3) is 3.24. The van der Waals surface area contributed by atoms with E-state index in [1.165, 1.54) is 12.3 Å². The molecule has 0 spiro atoms. The lowest BCUT2D eigenvalue weighted by Gasteiger charge is -2.03. The van der Waals surface area contributed by atoms with E-state index >= 15 is 0 Å². The highest BCUT2D eigenvalue weighted by Gasteiger charge is 2.26. The van der Waals surface area contributed by atoms with Gasteiger partial charge in [0.05, 0.1) is 17.8 Å². The van der Waals surface area contributed by atoms with E-state index in [0.29, 0.717) is 10.7 Å². The Morgan fingerprint density at radius 3 is 3.00 bits per heavy atom. The van der Waals surface area contributed by atoms with Crippen LogP contribution in [0, 0.1) is 0 Å². The second-order valence-electron chi connectivity index (χ2n) is 3.55. The summed E-state index contributed by atoms with van der Waals surface area (Å²) in [6, 6.07) is 2.08. The molecule has 7 nitrogen and oxygen atoms in total. The molecule has 1 fully saturated rings. The number of aliphatic imine (C=N–C) groups is 1. The second-order valence-corrected chi connectivity index (χ2v) is 4.58. The summed E-state index contributed by atoms with van der Waals surface area (Å²) in [5.41, 5.74) is 0. The molecule has 1 saturated heterocycles. The maximum atomic E-state index is 11.6. The number of hydrogen-bond acceptors (Lipinski definition) is 6. The minimum absolute atomic E-state index is 0.143. The monoisotopic (exact) mass is 282 g/mol. The number of carbonyl (C=O) groups excluding carboxylic acids is 1. The molecule has 1 amide bonds. The first-order chi connectivity index (χ1) is 9.10. The van der Waals surface area contributed by atoms with E-state index < -0.39 is 18.6 Å². The molecule has 0 saturated carbocycles. The number of aliphatic hydroxyl groups excluding tert-OH is 1. The lowest BCUT2D eigenvalue weighted by Crippen LogP contribution is -2.27. The number of nitrogens with zero attached hydrogens (tertiary/aromatic N) is 1. The van der Waals surface area contributed by atoms with Crippen LogP contribution in [0.15, 0.2) is 32.7 Å². The predicted octanol–water partition coefficient (Wildman–Crippen LogP) is 0.285. The number of amidine groups is 1. The Labute approximate surface area is 112 Å². The maximum absolute atomic E-state index is 11.6. The third-order valence-electron chi connectivity index (χ3n) is 2.20. The van der Waals surface area contributed by atoms with Crippen molar-refractivity contribution < 1.29 is 24.2 Å². The summed E-state index contributed by atoms with van der Waals surface area (Å²) in [7, 11) is 0. The number of furan rings is 1. The van der Waals surface area contributed by atoms with Gasteiger partial charge in [0.1, 0.15) is 5.76 Å². The minimum atomic E-state index is -1.29. The van der Waals surface area contributed by atoms with Crippen LogP contribution in [0.4, 0.5) is 0 Å². The maximum Gasteiger partial charge on any atom is 0.330 e. The zero-order valence-electron chi connectivity index (χ0n) is 9.57. The van der Waals surface area contributed by atoms with Crippen molar-refractivity contribution in [3.63, 3.8) is 0 Å². The van der Waals surface area contributed by atoms with Gasteiger partial charge in [-0.1, -0.05) is 0 Å². The van der Waals surface area contributed by atoms with Crippen molar-refractivity contribution in [1.82, 2.24) is 5.32 Å². The highest BCUT2D eigenvalue weighted by Crippen LogP contribution is 2.26. The molecule has 0 aliphatic carbocycles. The van der Waals surface area contributed by atoms with Gasteiger partial charge in [0, 0.05) is 6.08 Å². The molecule has 1 aromatic heterocycles. The fourth-order valence-electron chi connectivity index (χ4n) is 1.31. The van der Waals surface area contributed by atoms with Gasteiger partial charge in [-0.25, -0.2) is 9.79 Å². The largest absolute Gasteiger partial charge is 0.480 e. The first kappa shape index (κ1) is 13.4. The molecule has 1 aromatic rings. The summed E-state index contributed by atoms with van der Waals surface area (Å²) in [5, 5.41) is 20.2. The number of aliphatic hydroxyl groups is 1. The van der Waals surface area contributed by atoms with Crippen molar-refractivity contribution in [3.8, 4) is 0 Å². The standard InChI is InChI=1S/C11H10N2O5S/c14-5-7(10(16)17)12-11-13-9(15)8(19-11)4-6-2-1-3-18-6/h1-4,7,14H,5H2,(H,16,17)(H,12,13,15). The molecule has 1 aliphatic heterocycles. The average Bonchev–Trinajstić information content (AvgIpc) is 2.97. The van der Waals surface area contributed by atoms with E-state index in [4.69, 9.17) is 14.6 Å². The summed E-state index contributed by atoms with van der Waals surface area (Å²) >= 11 is 0.994. The number of rotatable bonds is 4. The van der Waals surface area contributed by atoms with E-state index in [-0.39, 0.29) is 11.1 Å². The van der Waals surface area contributed by atoms with Crippen LogP contribution >= 0.6 is 11.8 Å². The number of thioether (sulfide) groups is 1. The van der Waals surface area contributed by atoms with Crippen LogP contribution in [0.2, 0.25) is 0 Å². The first-order valence-corrected chi connectivity index (χ1v) is 6.07. The predicted molar refractivity (Wildman–Crippen MR) is 68.4 cm³/mol. The normalized spacial score (nSPS) is 20.8. The Balaban J connectivity index is 2.15. The lowest BCUT2D eigenvalue weighted by molar-refractivity contribution is -0.139. The smallest absolute Gasteiger partial charge is 0.330 e. The van der Waals surface area contributed by atoms with E-state index in [2.05, 4.69) is 10.3 Å². The van der Waals surface area contributed by atoms with Gasteiger partial charge in [-0.3, -0.25) is 4.79 Å². The van der Waals surface area contributed by atoms with Crippen LogP contribution in [-0.4, -0.2) is 39.9 Å². The summed E-state index contributed by atoms with van der Waals surface area (Å²) in [6.07, 6.45) is 3.00. The summed E-state index contributed by atoms with van der Waals surface area (Å²) < 4.78 is 5.08. The van der Waals surface area contributed by atoms with Gasteiger partial charge >= 0.3 is 5.97 Å². The number of aliphatic carboxylic acids is 1. The van der Waals surface area contributed by atoms with Gasteiger partial charge in [-0.15, -0.1) is 0 Å². The highest BCUT2D eigenvalue weighted by atomic mass is 32.2. The molecule has 1 atom stereocenters. The van der Waals surface area contributed by atoms with Gasteiger partial charge in [0.2, 0.25) is 0 Å². The van der Waals surface area contributed by atoms with Crippen molar-refractivity contribution in [1.29, 1.82) is 0 Å². The topological polar surface area (TPSA) is 112 Å². The summed E-state index contributed by atoms with van der Waals surface area (Å²) in [4.78, 5) is 26.4. The van der Waals surface area contributed by atoms with Crippen molar-refractivity contribution in [2.75, 3.05) is 6.61 Å². The van der Waals surface area contributed by atoms with E-state index in [0.717, 1.165) is 11.8 Å². The van der Waals surface area contributed by atoms with Crippen LogP contribution in [0.3, 0.4) is 0 Å². The fourth-order valence-corrected chi connectivity index (χ4v) is 2.16. The zero-order valence-corrected chi connectivity index (χ0v) is 10.4. The molecular formula is C11H10N2O5S. The molecule has 2 heterocycles. The quantitative estimate of drug-likeness (QED) is 0.684. The first-order valence-electron chi connectivity index (χ1n) is 5.26. The second kappa shape index (κ2) is 5.72. The van der Waals surface area contributed by atoms with Crippen molar-refractivity contribution in [3.05, 3.63) is 29.1 Å². The van der Waals surface area contributed by atoms with Crippen molar-refractivity contribution >= 4 is 34.9 Å². The number of hydrogen-bond donors (Lipinski definition) is 3. The molecular weight excluding hydrogens is 272 g/mol. The highest BCUT2D eigenvalue weighted by molar-refractivity contribution is 8.18. The summed E-state index contributed by atoms with van der Waals surface area (Å²) in [5.74, 6) is -1.13. The van der Waals surface area contributed by atoms with Gasteiger partial charge in [-0.05, 0) is 23.9 Å². The number of carboxylic acids is 1. The molecule has 0 bridgehead atoms. The lowest BCUT2D eigenvalue weighted by atomic mass is 10.3. The van der Waals surface area contributed by atoms with E-state index in [1.54, 1.807) is 12.1 Å². The number of carbonyl (C=O) groups is 2. The van der Waals surface area contributed by atoms with Crippen molar-refractivity contribution in [2.24, 2.45) is 4.99 Å². The van der Waals surface area contributed by atoms with Crippen molar-refractivity contribution in [2.45, 2.75) is 6.04 Å². The number of amides is 1. The average molecular weight is 282 g/mol. The van der Waals surface area contributed by atoms with Crippen LogP contribution < -0.4 is 5.32 Å². The molecule has 3 N–H and O–H groups in total. The van der Waals surface area contributed by atoms with Crippen LogP contribution in [0.5, 0.6) is 0 Å². The molecule has 0 radical (unpaired) electrons. The Hall–Kier alpha value is -2.06. The van der Waals surface area contributed by atoms with E-state index in [1.807, 2.05) is 0 Å². The molecule has 1 aliphatic rings. The van der Waals surface area contributed by atoms with Gasteiger partial charge in [0.25, 0.3) is 5.91 Å². The Morgan fingerprint density at radius 1 is 1.63 bits per heavy atom. The van der Waals surface area contributed by atoms with Gasteiger partial charge in [-0.2, -0.15) is 0 Å². The SMILES string of the molecule is O=C1NC(=NC(CO)C(=O)O)SC1=Cc1ccco1. The Bertz CT molecular complexity index is 549. The van der Waals surface area contributed by atoms with E-state index in [9.17, 15) is 9.59 Å². The van der Waals surface area contributed by atoms with Crippen LogP contribution in [0.1, 0.15) is 5.76 Å². The van der Waals surface area contributed by atoms with Crippen LogP contribution in [0.25, 0.3) is 6.08 Å². The summed E-state index contributed by atoms with van der Waals surface area (Å²) in [6.45, 7) is -0.632. The van der Waals surface area contributed by atoms with Crippen LogP contribution in [-0.2, 0) is 9.59 Å². The molecule has 100 valence electrons. The molecule has 2 rings (SSSR count). The van der Waals surface area contributed by atoms with Gasteiger partial charge in [0.15, 0.2) is 11.2 Å². The molecule has 0 aromatic carbocycles. The number of carboxylic acid groups (broad SMARTS) is 1. The van der Waals surface area contributed by atoms with Gasteiger partial charge < -0.3 is 19.9 Å². The third-order valence-corrected chi connectivity index (χ3v) is 3.12. The molecule has 8 heteroatoms.